The predicted octanol–water partition coefficient (Wildman–Crippen LogP) is 3.16. The number of aromatic amines is 1. The molecule has 2 aromatic rings. The van der Waals surface area contributed by atoms with E-state index in [1.807, 2.05) is 13.8 Å². The number of nitrogens with one attached hydrogen (secondary N) is 2. The van der Waals surface area contributed by atoms with Gasteiger partial charge in [0, 0.05) is 24.8 Å². The zero-order chi connectivity index (χ0) is 18.7. The molecular formula is C19H25N3O3S. The Bertz CT molecular complexity index is 912. The minimum Gasteiger partial charge on any atom is -0.378 e. The number of carbonyl (C=O) groups excluding carboxylic acids is 1. The fourth-order valence-corrected chi connectivity index (χ4v) is 3.69. The molecule has 0 radical (unpaired) electrons. The summed E-state index contributed by atoms with van der Waals surface area (Å²) in [6, 6.07) is 5.12. The summed E-state index contributed by atoms with van der Waals surface area (Å²) in [5.41, 5.74) is 0.966. The van der Waals surface area contributed by atoms with Crippen molar-refractivity contribution in [2.24, 2.45) is 0 Å². The number of benzene rings is 1. The van der Waals surface area contributed by atoms with E-state index in [4.69, 9.17) is 17.0 Å². The highest BCUT2D eigenvalue weighted by atomic mass is 32.1. The lowest BCUT2D eigenvalue weighted by Crippen LogP contribution is -2.33. The van der Waals surface area contributed by atoms with Crippen LogP contribution in [-0.2, 0) is 11.3 Å². The summed E-state index contributed by atoms with van der Waals surface area (Å²) in [7, 11) is 0. The number of aromatic nitrogens is 2. The average Bonchev–Trinajstić information content (AvgIpc) is 3.13. The molecule has 1 fully saturated rings. The van der Waals surface area contributed by atoms with Gasteiger partial charge in [0.1, 0.15) is 0 Å². The number of nitrogens with zero attached hydrogens (tertiary/aromatic N) is 1. The second-order valence-corrected chi connectivity index (χ2v) is 7.21. The van der Waals surface area contributed by atoms with Crippen molar-refractivity contribution < 1.29 is 9.53 Å². The first-order valence-electron chi connectivity index (χ1n) is 9.19. The molecule has 0 unspecified atom stereocenters. The first-order chi connectivity index (χ1) is 12.5. The molecule has 3 rings (SSSR count). The number of carbonyl (C=O) groups is 1. The highest BCUT2D eigenvalue weighted by molar-refractivity contribution is 7.71. The molecular weight excluding hydrogens is 350 g/mol. The summed E-state index contributed by atoms with van der Waals surface area (Å²) in [5.74, 6) is -0.147. The van der Waals surface area contributed by atoms with Crippen LogP contribution in [0.1, 0.15) is 49.9 Å². The zero-order valence-corrected chi connectivity index (χ0v) is 16.0. The summed E-state index contributed by atoms with van der Waals surface area (Å²) in [6.07, 6.45) is 4.41. The van der Waals surface area contributed by atoms with E-state index in [-0.39, 0.29) is 17.5 Å². The maximum Gasteiger partial charge on any atom is 0.262 e. The van der Waals surface area contributed by atoms with E-state index >= 15 is 0 Å². The number of hydrogen-bond donors (Lipinski definition) is 2. The molecule has 1 aliphatic heterocycles. The molecule has 0 spiro atoms. The van der Waals surface area contributed by atoms with Crippen molar-refractivity contribution in [2.75, 3.05) is 6.61 Å². The van der Waals surface area contributed by atoms with Crippen LogP contribution < -0.4 is 10.9 Å². The molecule has 1 aliphatic rings. The van der Waals surface area contributed by atoms with E-state index in [1.165, 1.54) is 4.57 Å². The van der Waals surface area contributed by atoms with Gasteiger partial charge in [0.15, 0.2) is 4.77 Å². The van der Waals surface area contributed by atoms with Gasteiger partial charge in [-0.1, -0.05) is 0 Å². The third kappa shape index (κ3) is 4.04. The van der Waals surface area contributed by atoms with E-state index in [9.17, 15) is 9.59 Å². The first kappa shape index (κ1) is 18.8. The van der Waals surface area contributed by atoms with Crippen molar-refractivity contribution in [1.82, 2.24) is 14.9 Å². The quantitative estimate of drug-likeness (QED) is 0.761. The molecule has 0 saturated carbocycles. The highest BCUT2D eigenvalue weighted by Gasteiger charge is 2.18. The molecule has 1 saturated heterocycles. The van der Waals surface area contributed by atoms with Crippen LogP contribution in [0.2, 0.25) is 0 Å². The Morgan fingerprint density at radius 2 is 2.31 bits per heavy atom. The van der Waals surface area contributed by atoms with Crippen LogP contribution >= 0.6 is 12.2 Å². The normalized spacial score (nSPS) is 18.2. The topological polar surface area (TPSA) is 76.1 Å². The molecule has 6 nitrogen and oxygen atoms in total. The van der Waals surface area contributed by atoms with Crippen molar-refractivity contribution in [3.63, 3.8) is 0 Å². The van der Waals surface area contributed by atoms with Crippen molar-refractivity contribution in [2.45, 2.75) is 58.2 Å². The smallest absolute Gasteiger partial charge is 0.262 e. The lowest BCUT2D eigenvalue weighted by atomic mass is 10.1. The molecule has 7 heteroatoms. The van der Waals surface area contributed by atoms with Gasteiger partial charge in [0.2, 0.25) is 0 Å². The van der Waals surface area contributed by atoms with Gasteiger partial charge >= 0.3 is 0 Å². The molecule has 140 valence electrons. The maximum atomic E-state index is 12.5. The maximum absolute atomic E-state index is 12.5. The number of ether oxygens (including phenoxy) is 1. The summed E-state index contributed by atoms with van der Waals surface area (Å²) < 4.78 is 7.50. The Labute approximate surface area is 157 Å². The highest BCUT2D eigenvalue weighted by Crippen LogP contribution is 2.18. The number of rotatable bonds is 6. The van der Waals surface area contributed by atoms with Crippen molar-refractivity contribution >= 4 is 29.0 Å². The Morgan fingerprint density at radius 1 is 1.50 bits per heavy atom. The second kappa shape index (κ2) is 8.14. The minimum absolute atomic E-state index is 0.0639. The largest absolute Gasteiger partial charge is 0.378 e. The molecule has 1 aromatic carbocycles. The summed E-state index contributed by atoms with van der Waals surface area (Å²) >= 11 is 5.23. The van der Waals surface area contributed by atoms with Gasteiger partial charge in [-0.25, -0.2) is 0 Å². The summed E-state index contributed by atoms with van der Waals surface area (Å²) in [6.45, 7) is 5.23. The predicted molar refractivity (Wildman–Crippen MR) is 104 cm³/mol. The van der Waals surface area contributed by atoms with Gasteiger partial charge in [0.25, 0.3) is 11.5 Å². The monoisotopic (exact) mass is 375 g/mol. The first-order valence-corrected chi connectivity index (χ1v) is 9.59. The molecule has 2 N–H and O–H groups in total. The fourth-order valence-electron chi connectivity index (χ4n) is 3.37. The van der Waals surface area contributed by atoms with E-state index in [0.717, 1.165) is 32.3 Å². The average molecular weight is 375 g/mol. The van der Waals surface area contributed by atoms with Crippen LogP contribution in [0.5, 0.6) is 0 Å². The number of hydrogen-bond acceptors (Lipinski definition) is 4. The molecule has 0 bridgehead atoms. The summed E-state index contributed by atoms with van der Waals surface area (Å²) in [5, 5.41) is 3.55. The lowest BCUT2D eigenvalue weighted by molar-refractivity contribution is 0.0899. The number of fused-ring (bicyclic) bond motifs is 1. The lowest BCUT2D eigenvalue weighted by Gasteiger charge is -2.16. The number of amides is 1. The van der Waals surface area contributed by atoms with Crippen molar-refractivity contribution in [3.8, 4) is 0 Å². The van der Waals surface area contributed by atoms with Crippen LogP contribution in [0.25, 0.3) is 10.9 Å². The van der Waals surface area contributed by atoms with Gasteiger partial charge in [-0.3, -0.25) is 14.2 Å². The van der Waals surface area contributed by atoms with Crippen LogP contribution in [0.15, 0.2) is 23.0 Å². The zero-order valence-electron chi connectivity index (χ0n) is 15.2. The van der Waals surface area contributed by atoms with Crippen LogP contribution in [0.3, 0.4) is 0 Å². The van der Waals surface area contributed by atoms with Gasteiger partial charge in [-0.2, -0.15) is 0 Å². The van der Waals surface area contributed by atoms with Gasteiger partial charge in [-0.05, 0) is 69.9 Å². The number of H-pyrrole nitrogens is 1. The minimum atomic E-state index is -0.147. The van der Waals surface area contributed by atoms with E-state index in [2.05, 4.69) is 10.3 Å². The van der Waals surface area contributed by atoms with Gasteiger partial charge in [0.05, 0.1) is 17.0 Å². The van der Waals surface area contributed by atoms with Gasteiger partial charge in [-0.15, -0.1) is 0 Å². The molecule has 26 heavy (non-hydrogen) atoms. The molecule has 0 aliphatic carbocycles. The van der Waals surface area contributed by atoms with E-state index in [1.54, 1.807) is 18.2 Å². The van der Waals surface area contributed by atoms with E-state index in [0.29, 0.717) is 33.9 Å². The molecule has 1 amide bonds. The Kier molecular flexibility index (Phi) is 5.88. The molecule has 2 atom stereocenters. The van der Waals surface area contributed by atoms with Crippen molar-refractivity contribution in [1.29, 1.82) is 0 Å². The van der Waals surface area contributed by atoms with Crippen molar-refractivity contribution in [3.05, 3.63) is 38.9 Å². The second-order valence-electron chi connectivity index (χ2n) is 6.83. The Hall–Kier alpha value is -1.99. The van der Waals surface area contributed by atoms with Crippen LogP contribution in [0.4, 0.5) is 0 Å². The fraction of sp³-hybridized carbons (Fsp3) is 0.526. The van der Waals surface area contributed by atoms with Gasteiger partial charge < -0.3 is 15.0 Å². The Morgan fingerprint density at radius 3 is 3.00 bits per heavy atom. The van der Waals surface area contributed by atoms with E-state index < -0.39 is 0 Å². The standard InChI is InChI=1S/C19H25N3O3S/c1-3-22-18(24)15-9-7-13(11-16(15)21-19(22)26)17(23)20-12(2)6-8-14-5-4-10-25-14/h7,9,11-12,14H,3-6,8,10H2,1-2H3,(H,20,23)(H,21,26)/t12-,14-/m1/s1. The Balaban J connectivity index is 1.72. The van der Waals surface area contributed by atoms with Crippen LogP contribution in [-0.4, -0.2) is 34.2 Å². The molecule has 1 aromatic heterocycles. The third-order valence-corrected chi connectivity index (χ3v) is 5.21. The van der Waals surface area contributed by atoms with Crippen LogP contribution in [0, 0.1) is 4.77 Å². The third-order valence-electron chi connectivity index (χ3n) is 4.88. The SMILES string of the molecule is CCn1c(=S)[nH]c2cc(C(=O)N[C@H](C)CC[C@H]3CCCO3)ccc2c1=O. The summed E-state index contributed by atoms with van der Waals surface area (Å²) in [4.78, 5) is 28.0. The molecule has 2 heterocycles.